The predicted octanol–water partition coefficient (Wildman–Crippen LogP) is 3.17. The van der Waals surface area contributed by atoms with Crippen LogP contribution in [0, 0.1) is 0 Å². The Morgan fingerprint density at radius 3 is 2.50 bits per heavy atom. The molecule has 0 bridgehead atoms. The molecule has 0 amide bonds. The minimum absolute atomic E-state index is 0.00220. The van der Waals surface area contributed by atoms with Crippen LogP contribution in [0.25, 0.3) is 0 Å². The Morgan fingerprint density at radius 1 is 1.25 bits per heavy atom. The fourth-order valence-corrected chi connectivity index (χ4v) is 3.24. The first kappa shape index (κ1) is 14.7. The molecule has 1 aromatic carbocycles. The molecule has 20 heavy (non-hydrogen) atoms. The maximum atomic E-state index is 6.19. The first-order valence-electron chi connectivity index (χ1n) is 7.41. The Kier molecular flexibility index (Phi) is 4.53. The van der Waals surface area contributed by atoms with Crippen molar-refractivity contribution < 1.29 is 4.74 Å². The molecule has 0 fully saturated rings. The summed E-state index contributed by atoms with van der Waals surface area (Å²) in [5.74, 6) is 1.46. The lowest BCUT2D eigenvalue weighted by atomic mass is 9.87. The highest BCUT2D eigenvalue weighted by atomic mass is 16.5. The van der Waals surface area contributed by atoms with E-state index in [0.29, 0.717) is 5.96 Å². The van der Waals surface area contributed by atoms with Crippen LogP contribution in [0.4, 0.5) is 5.69 Å². The van der Waals surface area contributed by atoms with Gasteiger partial charge in [0.1, 0.15) is 5.75 Å². The number of anilines is 1. The van der Waals surface area contributed by atoms with Gasteiger partial charge in [-0.05, 0) is 25.0 Å². The van der Waals surface area contributed by atoms with Crippen LogP contribution in [0.2, 0.25) is 0 Å². The number of methoxy groups -OCH3 is 1. The molecule has 0 atom stereocenters. The SMILES string of the molecule is CCCC1(CCC)CN=C(N)N1c1ccccc1OC. The molecular formula is C16H25N3O. The lowest BCUT2D eigenvalue weighted by molar-refractivity contribution is 0.374. The minimum Gasteiger partial charge on any atom is -0.495 e. The van der Waals surface area contributed by atoms with Crippen LogP contribution in [0.3, 0.4) is 0 Å². The quantitative estimate of drug-likeness (QED) is 0.867. The van der Waals surface area contributed by atoms with Crippen LogP contribution < -0.4 is 15.4 Å². The Labute approximate surface area is 121 Å². The third kappa shape index (κ3) is 2.47. The number of benzene rings is 1. The number of para-hydroxylation sites is 2. The Balaban J connectivity index is 2.46. The smallest absolute Gasteiger partial charge is 0.196 e. The second kappa shape index (κ2) is 6.16. The number of ether oxygens (including phenoxy) is 1. The fourth-order valence-electron chi connectivity index (χ4n) is 3.24. The number of hydrogen-bond donors (Lipinski definition) is 1. The summed E-state index contributed by atoms with van der Waals surface area (Å²) in [7, 11) is 1.70. The largest absolute Gasteiger partial charge is 0.495 e. The van der Waals surface area contributed by atoms with E-state index < -0.39 is 0 Å². The van der Waals surface area contributed by atoms with Crippen molar-refractivity contribution in [3.8, 4) is 5.75 Å². The van der Waals surface area contributed by atoms with Gasteiger partial charge in [-0.2, -0.15) is 0 Å². The van der Waals surface area contributed by atoms with Crippen LogP contribution >= 0.6 is 0 Å². The van der Waals surface area contributed by atoms with Crippen molar-refractivity contribution in [2.45, 2.75) is 45.1 Å². The Morgan fingerprint density at radius 2 is 1.90 bits per heavy atom. The summed E-state index contributed by atoms with van der Waals surface area (Å²) in [5, 5.41) is 0. The van der Waals surface area contributed by atoms with Gasteiger partial charge in [0, 0.05) is 0 Å². The van der Waals surface area contributed by atoms with Gasteiger partial charge in [-0.1, -0.05) is 38.8 Å². The van der Waals surface area contributed by atoms with Gasteiger partial charge in [-0.25, -0.2) is 0 Å². The van der Waals surface area contributed by atoms with Gasteiger partial charge in [-0.15, -0.1) is 0 Å². The van der Waals surface area contributed by atoms with Gasteiger partial charge >= 0.3 is 0 Å². The van der Waals surface area contributed by atoms with Crippen molar-refractivity contribution in [1.29, 1.82) is 0 Å². The van der Waals surface area contributed by atoms with Crippen molar-refractivity contribution in [3.63, 3.8) is 0 Å². The summed E-state index contributed by atoms with van der Waals surface area (Å²) in [6, 6.07) is 8.04. The Hall–Kier alpha value is -1.71. The fraction of sp³-hybridized carbons (Fsp3) is 0.562. The predicted molar refractivity (Wildman–Crippen MR) is 84.5 cm³/mol. The molecule has 1 aliphatic heterocycles. The lowest BCUT2D eigenvalue weighted by Gasteiger charge is -2.39. The summed E-state index contributed by atoms with van der Waals surface area (Å²) >= 11 is 0. The average molecular weight is 275 g/mol. The van der Waals surface area contributed by atoms with E-state index in [2.05, 4.69) is 29.8 Å². The second-order valence-electron chi connectivity index (χ2n) is 5.41. The summed E-state index contributed by atoms with van der Waals surface area (Å²) in [4.78, 5) is 6.72. The summed E-state index contributed by atoms with van der Waals surface area (Å²) < 4.78 is 5.50. The van der Waals surface area contributed by atoms with Gasteiger partial charge in [-0.3, -0.25) is 4.99 Å². The Bertz CT molecular complexity index is 478. The van der Waals surface area contributed by atoms with E-state index in [1.54, 1.807) is 7.11 Å². The molecule has 0 saturated carbocycles. The highest BCUT2D eigenvalue weighted by Gasteiger charge is 2.42. The van der Waals surface area contributed by atoms with Crippen molar-refractivity contribution in [3.05, 3.63) is 24.3 Å². The average Bonchev–Trinajstić information content (AvgIpc) is 2.76. The molecule has 0 aromatic heterocycles. The minimum atomic E-state index is 0.00220. The number of aliphatic imine (C=N–C) groups is 1. The monoisotopic (exact) mass is 275 g/mol. The van der Waals surface area contributed by atoms with E-state index in [4.69, 9.17) is 10.5 Å². The number of hydrogen-bond acceptors (Lipinski definition) is 4. The van der Waals surface area contributed by atoms with Crippen molar-refractivity contribution in [1.82, 2.24) is 0 Å². The molecule has 4 heteroatoms. The van der Waals surface area contributed by atoms with E-state index in [1.807, 2.05) is 18.2 Å². The van der Waals surface area contributed by atoms with E-state index in [0.717, 1.165) is 43.7 Å². The number of guanidine groups is 1. The third-order valence-electron chi connectivity index (χ3n) is 4.00. The maximum Gasteiger partial charge on any atom is 0.196 e. The summed E-state index contributed by atoms with van der Waals surface area (Å²) in [6.07, 6.45) is 4.41. The molecule has 0 aliphatic carbocycles. The molecule has 4 nitrogen and oxygen atoms in total. The van der Waals surface area contributed by atoms with Gasteiger partial charge in [0.2, 0.25) is 0 Å². The topological polar surface area (TPSA) is 50.8 Å². The lowest BCUT2D eigenvalue weighted by Crippen LogP contribution is -2.52. The highest BCUT2D eigenvalue weighted by molar-refractivity contribution is 5.99. The molecule has 2 N–H and O–H groups in total. The van der Waals surface area contributed by atoms with Crippen LogP contribution in [0.5, 0.6) is 5.75 Å². The molecule has 1 aliphatic rings. The molecule has 1 aromatic rings. The van der Waals surface area contributed by atoms with Crippen LogP contribution in [0.15, 0.2) is 29.3 Å². The van der Waals surface area contributed by atoms with Gasteiger partial charge < -0.3 is 15.4 Å². The standard InChI is InChI=1S/C16H25N3O/c1-4-10-16(11-5-2)12-18-15(17)19(16)13-8-6-7-9-14(13)20-3/h6-9H,4-5,10-12H2,1-3H3,(H2,17,18). The van der Waals surface area contributed by atoms with E-state index in [1.165, 1.54) is 0 Å². The number of nitrogens with zero attached hydrogens (tertiary/aromatic N) is 2. The number of nitrogens with two attached hydrogens (primary N) is 1. The van der Waals surface area contributed by atoms with E-state index >= 15 is 0 Å². The summed E-state index contributed by atoms with van der Waals surface area (Å²) in [6.45, 7) is 5.21. The van der Waals surface area contributed by atoms with Crippen LogP contribution in [-0.4, -0.2) is 25.2 Å². The number of rotatable bonds is 6. The molecule has 0 saturated heterocycles. The zero-order valence-corrected chi connectivity index (χ0v) is 12.7. The van der Waals surface area contributed by atoms with Crippen LogP contribution in [0.1, 0.15) is 39.5 Å². The summed E-state index contributed by atoms with van der Waals surface area (Å²) in [5.41, 5.74) is 7.22. The molecule has 0 unspecified atom stereocenters. The molecule has 1 heterocycles. The van der Waals surface area contributed by atoms with Crippen molar-refractivity contribution >= 4 is 11.6 Å². The van der Waals surface area contributed by atoms with Crippen LogP contribution in [-0.2, 0) is 0 Å². The van der Waals surface area contributed by atoms with Crippen molar-refractivity contribution in [2.24, 2.45) is 10.7 Å². The molecule has 110 valence electrons. The zero-order valence-electron chi connectivity index (χ0n) is 12.7. The maximum absolute atomic E-state index is 6.19. The molecule has 0 spiro atoms. The van der Waals surface area contributed by atoms with Gasteiger partial charge in [0.05, 0.1) is 24.9 Å². The first-order chi connectivity index (χ1) is 9.68. The third-order valence-corrected chi connectivity index (χ3v) is 4.00. The molecule has 2 rings (SSSR count). The van der Waals surface area contributed by atoms with Gasteiger partial charge in [0.25, 0.3) is 0 Å². The molecule has 0 radical (unpaired) electrons. The van der Waals surface area contributed by atoms with Gasteiger partial charge in [0.15, 0.2) is 5.96 Å². The molecular weight excluding hydrogens is 250 g/mol. The van der Waals surface area contributed by atoms with Crippen molar-refractivity contribution in [2.75, 3.05) is 18.6 Å². The first-order valence-corrected chi connectivity index (χ1v) is 7.41. The van der Waals surface area contributed by atoms with E-state index in [-0.39, 0.29) is 5.54 Å². The normalized spacial score (nSPS) is 17.1. The zero-order chi connectivity index (χ0) is 14.6. The second-order valence-corrected chi connectivity index (χ2v) is 5.41. The highest BCUT2D eigenvalue weighted by Crippen LogP contribution is 2.40. The van der Waals surface area contributed by atoms with E-state index in [9.17, 15) is 0 Å².